The number of aromatic nitrogens is 1. The lowest BCUT2D eigenvalue weighted by Crippen LogP contribution is -2.40. The van der Waals surface area contributed by atoms with Crippen LogP contribution in [0.15, 0.2) is 10.6 Å². The quantitative estimate of drug-likeness (QED) is 0.872. The first-order valence-corrected chi connectivity index (χ1v) is 6.84. The summed E-state index contributed by atoms with van der Waals surface area (Å²) < 4.78 is 4.87. The number of nitrogens with zero attached hydrogens (tertiary/aromatic N) is 2. The summed E-state index contributed by atoms with van der Waals surface area (Å²) in [5.74, 6) is 1.96. The highest BCUT2D eigenvalue weighted by Crippen LogP contribution is 2.15. The van der Waals surface area contributed by atoms with Crippen LogP contribution < -0.4 is 10.6 Å². The zero-order valence-electron chi connectivity index (χ0n) is 11.6. The van der Waals surface area contributed by atoms with Gasteiger partial charge in [-0.2, -0.15) is 0 Å². The summed E-state index contributed by atoms with van der Waals surface area (Å²) in [6, 6.07) is 1.45. The lowest BCUT2D eigenvalue weighted by molar-refractivity contribution is 0.192. The van der Waals surface area contributed by atoms with E-state index in [0.29, 0.717) is 18.1 Å². The molecule has 1 fully saturated rings. The predicted octanol–water partition coefficient (Wildman–Crippen LogP) is 1.84. The zero-order chi connectivity index (χ0) is 13.7. The third kappa shape index (κ3) is 4.55. The minimum Gasteiger partial charge on any atom is -0.360 e. The lowest BCUT2D eigenvalue weighted by Gasteiger charge is -2.30. The molecule has 2 rings (SSSR count). The van der Waals surface area contributed by atoms with Gasteiger partial charge in [0.05, 0.1) is 0 Å². The van der Waals surface area contributed by atoms with Gasteiger partial charge in [-0.15, -0.1) is 0 Å². The van der Waals surface area contributed by atoms with Gasteiger partial charge in [0.2, 0.25) is 0 Å². The number of hydrogen-bond acceptors (Lipinski definition) is 4. The summed E-state index contributed by atoms with van der Waals surface area (Å²) in [7, 11) is 0. The van der Waals surface area contributed by atoms with Gasteiger partial charge in [0.15, 0.2) is 5.82 Å². The molecule has 1 aliphatic heterocycles. The van der Waals surface area contributed by atoms with Crippen molar-refractivity contribution in [1.82, 2.24) is 15.4 Å². The van der Waals surface area contributed by atoms with E-state index in [1.165, 1.54) is 12.8 Å². The number of rotatable bonds is 4. The Morgan fingerprint density at radius 2 is 2.26 bits per heavy atom. The summed E-state index contributed by atoms with van der Waals surface area (Å²) in [4.78, 5) is 14.0. The number of urea groups is 1. The molecule has 2 heterocycles. The van der Waals surface area contributed by atoms with E-state index >= 15 is 0 Å². The fourth-order valence-corrected chi connectivity index (χ4v) is 2.20. The summed E-state index contributed by atoms with van der Waals surface area (Å²) in [5, 5.41) is 9.16. The number of amides is 2. The number of carbonyl (C=O) groups excluding carboxylic acids is 1. The summed E-state index contributed by atoms with van der Waals surface area (Å²) in [6.07, 6.45) is 2.51. The SMILES string of the molecule is Cc1cc(NC(=O)NCCN2CCC(C)CC2)no1. The average molecular weight is 266 g/mol. The second-order valence-corrected chi connectivity index (χ2v) is 5.23. The normalized spacial score (nSPS) is 17.4. The van der Waals surface area contributed by atoms with E-state index in [9.17, 15) is 4.79 Å². The van der Waals surface area contributed by atoms with Crippen LogP contribution in [0.2, 0.25) is 0 Å². The molecule has 1 saturated heterocycles. The fourth-order valence-electron chi connectivity index (χ4n) is 2.20. The van der Waals surface area contributed by atoms with Gasteiger partial charge < -0.3 is 14.7 Å². The molecule has 0 radical (unpaired) electrons. The van der Waals surface area contributed by atoms with Gasteiger partial charge in [-0.05, 0) is 38.8 Å². The molecule has 0 aliphatic carbocycles. The third-order valence-electron chi connectivity index (χ3n) is 3.46. The van der Waals surface area contributed by atoms with E-state index in [0.717, 1.165) is 25.6 Å². The first-order chi connectivity index (χ1) is 9.13. The Bertz CT molecular complexity index is 411. The Kier molecular flexibility index (Phi) is 4.79. The van der Waals surface area contributed by atoms with Crippen LogP contribution in [0.5, 0.6) is 0 Å². The number of piperidine rings is 1. The summed E-state index contributed by atoms with van der Waals surface area (Å²) >= 11 is 0. The molecule has 2 N–H and O–H groups in total. The van der Waals surface area contributed by atoms with E-state index in [1.54, 1.807) is 13.0 Å². The molecule has 6 heteroatoms. The van der Waals surface area contributed by atoms with Crippen molar-refractivity contribution in [1.29, 1.82) is 0 Å². The van der Waals surface area contributed by atoms with Crippen LogP contribution in [-0.2, 0) is 0 Å². The number of nitrogens with one attached hydrogen (secondary N) is 2. The van der Waals surface area contributed by atoms with Crippen molar-refractivity contribution in [3.05, 3.63) is 11.8 Å². The van der Waals surface area contributed by atoms with Crippen molar-refractivity contribution in [2.24, 2.45) is 5.92 Å². The molecule has 0 atom stereocenters. The molecule has 0 unspecified atom stereocenters. The summed E-state index contributed by atoms with van der Waals surface area (Å²) in [6.45, 7) is 7.89. The predicted molar refractivity (Wildman–Crippen MR) is 73.1 cm³/mol. The van der Waals surface area contributed by atoms with Crippen LogP contribution in [0.3, 0.4) is 0 Å². The van der Waals surface area contributed by atoms with Crippen LogP contribution in [0, 0.1) is 12.8 Å². The largest absolute Gasteiger partial charge is 0.360 e. The molecule has 1 aromatic heterocycles. The van der Waals surface area contributed by atoms with E-state index in [2.05, 4.69) is 27.6 Å². The Morgan fingerprint density at radius 1 is 1.53 bits per heavy atom. The zero-order valence-corrected chi connectivity index (χ0v) is 11.6. The van der Waals surface area contributed by atoms with Crippen molar-refractivity contribution in [2.45, 2.75) is 26.7 Å². The second kappa shape index (κ2) is 6.56. The number of anilines is 1. The maximum atomic E-state index is 11.6. The van der Waals surface area contributed by atoms with E-state index < -0.39 is 0 Å². The molecule has 2 amide bonds. The molecule has 106 valence electrons. The Morgan fingerprint density at radius 3 is 2.89 bits per heavy atom. The Hall–Kier alpha value is -1.56. The van der Waals surface area contributed by atoms with Gasteiger partial charge in [-0.25, -0.2) is 4.79 Å². The minimum atomic E-state index is -0.237. The molecule has 0 saturated carbocycles. The van der Waals surface area contributed by atoms with E-state index in [4.69, 9.17) is 4.52 Å². The van der Waals surface area contributed by atoms with Crippen molar-refractivity contribution in [3.63, 3.8) is 0 Å². The van der Waals surface area contributed by atoms with Crippen LogP contribution in [-0.4, -0.2) is 42.3 Å². The number of likely N-dealkylation sites (tertiary alicyclic amines) is 1. The second-order valence-electron chi connectivity index (χ2n) is 5.23. The van der Waals surface area contributed by atoms with Gasteiger partial charge in [0.25, 0.3) is 0 Å². The molecule has 0 aromatic carbocycles. The fraction of sp³-hybridized carbons (Fsp3) is 0.692. The Labute approximate surface area is 113 Å². The molecule has 6 nitrogen and oxygen atoms in total. The molecule has 1 aliphatic rings. The Balaban J connectivity index is 1.61. The van der Waals surface area contributed by atoms with Crippen molar-refractivity contribution in [2.75, 3.05) is 31.5 Å². The van der Waals surface area contributed by atoms with Crippen LogP contribution in [0.1, 0.15) is 25.5 Å². The molecule has 0 bridgehead atoms. The lowest BCUT2D eigenvalue weighted by atomic mass is 9.99. The van der Waals surface area contributed by atoms with Gasteiger partial charge >= 0.3 is 6.03 Å². The van der Waals surface area contributed by atoms with Crippen LogP contribution >= 0.6 is 0 Å². The van der Waals surface area contributed by atoms with Crippen molar-refractivity contribution in [3.8, 4) is 0 Å². The minimum absolute atomic E-state index is 0.237. The molecule has 1 aromatic rings. The van der Waals surface area contributed by atoms with Gasteiger partial charge in [-0.1, -0.05) is 12.1 Å². The van der Waals surface area contributed by atoms with E-state index in [-0.39, 0.29) is 6.03 Å². The average Bonchev–Trinajstić information content (AvgIpc) is 2.77. The van der Waals surface area contributed by atoms with E-state index in [1.807, 2.05) is 0 Å². The van der Waals surface area contributed by atoms with Gasteiger partial charge in [0.1, 0.15) is 5.76 Å². The van der Waals surface area contributed by atoms with Crippen molar-refractivity contribution < 1.29 is 9.32 Å². The molecule has 0 spiro atoms. The monoisotopic (exact) mass is 266 g/mol. The summed E-state index contributed by atoms with van der Waals surface area (Å²) in [5.41, 5.74) is 0. The maximum absolute atomic E-state index is 11.6. The number of aryl methyl sites for hydroxylation is 1. The topological polar surface area (TPSA) is 70.4 Å². The van der Waals surface area contributed by atoms with Crippen LogP contribution in [0.25, 0.3) is 0 Å². The maximum Gasteiger partial charge on any atom is 0.320 e. The highest BCUT2D eigenvalue weighted by Gasteiger charge is 2.15. The van der Waals surface area contributed by atoms with Crippen LogP contribution in [0.4, 0.5) is 10.6 Å². The third-order valence-corrected chi connectivity index (χ3v) is 3.46. The van der Waals surface area contributed by atoms with Gasteiger partial charge in [0, 0.05) is 19.2 Å². The van der Waals surface area contributed by atoms with Gasteiger partial charge in [-0.3, -0.25) is 5.32 Å². The standard InChI is InChI=1S/C13H22N4O2/c1-10-3-6-17(7-4-10)8-5-14-13(18)15-12-9-11(2)19-16-12/h9-10H,3-8H2,1-2H3,(H2,14,15,16,18). The molecular formula is C13H22N4O2. The smallest absolute Gasteiger partial charge is 0.320 e. The molecular weight excluding hydrogens is 244 g/mol. The highest BCUT2D eigenvalue weighted by atomic mass is 16.5. The number of carbonyl (C=O) groups is 1. The van der Waals surface area contributed by atoms with Crippen molar-refractivity contribution >= 4 is 11.8 Å². The highest BCUT2D eigenvalue weighted by molar-refractivity contribution is 5.88. The first kappa shape index (κ1) is 13.9. The molecule has 19 heavy (non-hydrogen) atoms. The first-order valence-electron chi connectivity index (χ1n) is 6.84. The number of hydrogen-bond donors (Lipinski definition) is 2.